The van der Waals surface area contributed by atoms with Crippen LogP contribution in [-0.4, -0.2) is 55.4 Å². The molecular formula is C32H34Cl2N4O7S. The van der Waals surface area contributed by atoms with E-state index in [1.165, 1.54) is 0 Å². The highest BCUT2D eigenvalue weighted by Crippen LogP contribution is 2.45. The summed E-state index contributed by atoms with van der Waals surface area (Å²) in [5.74, 6) is -3.00. The quantitative estimate of drug-likeness (QED) is 0.269. The van der Waals surface area contributed by atoms with E-state index in [0.29, 0.717) is 51.6 Å². The van der Waals surface area contributed by atoms with E-state index in [0.717, 1.165) is 19.1 Å². The summed E-state index contributed by atoms with van der Waals surface area (Å²) >= 11 is 13.1. The fourth-order valence-corrected chi connectivity index (χ4v) is 8.12. The Bertz CT molecular complexity index is 1680. The molecule has 1 fully saturated rings. The lowest BCUT2D eigenvalue weighted by atomic mass is 9.73. The molecule has 0 bridgehead atoms. The number of benzene rings is 2. The van der Waals surface area contributed by atoms with Gasteiger partial charge in [0.2, 0.25) is 10.0 Å². The van der Waals surface area contributed by atoms with Crippen LogP contribution in [0.3, 0.4) is 0 Å². The van der Waals surface area contributed by atoms with Gasteiger partial charge in [-0.05, 0) is 48.1 Å². The van der Waals surface area contributed by atoms with Crippen molar-refractivity contribution in [3.8, 4) is 0 Å². The first-order valence-electron chi connectivity index (χ1n) is 14.9. The van der Waals surface area contributed by atoms with Crippen LogP contribution < -0.4 is 10.2 Å². The maximum atomic E-state index is 14.4. The van der Waals surface area contributed by atoms with E-state index in [2.05, 4.69) is 15.4 Å². The number of nitrogens with zero attached hydrogens (tertiary/aromatic N) is 2. The second kappa shape index (κ2) is 14.6. The number of fused-ring (bicyclic) bond motifs is 1. The zero-order valence-electron chi connectivity index (χ0n) is 25.0. The summed E-state index contributed by atoms with van der Waals surface area (Å²) in [7, 11) is -3.60. The van der Waals surface area contributed by atoms with Gasteiger partial charge in [0.25, 0.3) is 17.7 Å². The third-order valence-corrected chi connectivity index (χ3v) is 10.0. The highest BCUT2D eigenvalue weighted by Gasteiger charge is 2.51. The van der Waals surface area contributed by atoms with Crippen molar-refractivity contribution in [3.05, 3.63) is 97.9 Å². The third kappa shape index (κ3) is 7.75. The van der Waals surface area contributed by atoms with Gasteiger partial charge < -0.3 is 4.90 Å². The summed E-state index contributed by atoms with van der Waals surface area (Å²) in [6.45, 7) is -0.00100. The number of hydroxylamine groups is 1. The van der Waals surface area contributed by atoms with Crippen molar-refractivity contribution in [2.24, 2.45) is 11.1 Å². The van der Waals surface area contributed by atoms with Crippen LogP contribution in [0.25, 0.3) is 0 Å². The standard InChI is InChI=1S/C32H34Cl2N4O7S/c1-46(43,44)37-26-8-4-5-9-27(26)38-30(24-15-14-21(33)17-25(24)34)29(22-6-2-3-7-23(22)32(38)41)31(40)36-45-18-20-12-10-19(11-13-20)16-28(39)35-42/h2-3,6-7,10-14,17,24,26-27,29-30,37H,4-5,8-9,15-16,18H2,1H3,(H,36,40)/t24?,26-,27-,29-,30+/m0/s1. The van der Waals surface area contributed by atoms with Gasteiger partial charge in [0, 0.05) is 38.8 Å². The van der Waals surface area contributed by atoms with Crippen molar-refractivity contribution >= 4 is 50.9 Å². The normalized spacial score (nSPS) is 24.8. The molecular weight excluding hydrogens is 655 g/mol. The van der Waals surface area contributed by atoms with Crippen LogP contribution in [0.2, 0.25) is 0 Å². The minimum Gasteiger partial charge on any atom is -0.329 e. The lowest BCUT2D eigenvalue weighted by molar-refractivity contribution is -0.138. The SMILES string of the molecule is CS(=O)(=O)N[C@H]1CCCC[C@@H]1N1C(=O)c2ccccc2[C@H](C(=O)NOCc2ccc(CC(=O)N=O)cc2)[C@H]1C1CC=C(Cl)C=C1Cl. The van der Waals surface area contributed by atoms with Crippen molar-refractivity contribution in [3.63, 3.8) is 0 Å². The summed E-state index contributed by atoms with van der Waals surface area (Å²) in [5, 5.41) is 3.25. The van der Waals surface area contributed by atoms with Crippen molar-refractivity contribution in [2.45, 2.75) is 69.2 Å². The molecule has 2 N–H and O–H groups in total. The first kappa shape index (κ1) is 33.9. The number of allylic oxidation sites excluding steroid dienone is 3. The third-order valence-electron chi connectivity index (χ3n) is 8.66. The molecule has 2 aliphatic carbocycles. The number of nitrogens with one attached hydrogen (secondary N) is 2. The number of hydrogen-bond acceptors (Lipinski definition) is 7. The average Bonchev–Trinajstić information content (AvgIpc) is 3.01. The minimum atomic E-state index is -3.60. The number of hydrogen-bond donors (Lipinski definition) is 2. The molecule has 5 atom stereocenters. The van der Waals surface area contributed by atoms with Gasteiger partial charge in [-0.1, -0.05) is 84.6 Å². The van der Waals surface area contributed by atoms with Gasteiger partial charge in [-0.3, -0.25) is 19.2 Å². The van der Waals surface area contributed by atoms with Gasteiger partial charge in [0.1, 0.15) is 0 Å². The van der Waals surface area contributed by atoms with Gasteiger partial charge in [0.05, 0.1) is 31.2 Å². The molecule has 1 saturated carbocycles. The van der Waals surface area contributed by atoms with Gasteiger partial charge in [-0.15, -0.1) is 4.91 Å². The second-order valence-electron chi connectivity index (χ2n) is 11.8. The molecule has 14 heteroatoms. The molecule has 11 nitrogen and oxygen atoms in total. The fraction of sp³-hybridized carbons (Fsp3) is 0.406. The average molecular weight is 690 g/mol. The Morgan fingerprint density at radius 1 is 1.04 bits per heavy atom. The zero-order valence-corrected chi connectivity index (χ0v) is 27.4. The topological polar surface area (TPSA) is 151 Å². The van der Waals surface area contributed by atoms with Crippen LogP contribution in [0, 0.1) is 10.8 Å². The number of rotatable bonds is 10. The molecule has 5 rings (SSSR count). The molecule has 0 radical (unpaired) electrons. The van der Waals surface area contributed by atoms with E-state index in [1.54, 1.807) is 65.6 Å². The van der Waals surface area contributed by atoms with Crippen molar-refractivity contribution in [2.75, 3.05) is 6.26 Å². The van der Waals surface area contributed by atoms with Crippen molar-refractivity contribution in [1.29, 1.82) is 0 Å². The van der Waals surface area contributed by atoms with Gasteiger partial charge in [-0.25, -0.2) is 18.6 Å². The van der Waals surface area contributed by atoms with Crippen LogP contribution in [0.4, 0.5) is 0 Å². The van der Waals surface area contributed by atoms with Crippen LogP contribution in [-0.2, 0) is 37.5 Å². The summed E-state index contributed by atoms with van der Waals surface area (Å²) in [5.41, 5.74) is 4.75. The molecule has 1 unspecified atom stereocenters. The van der Waals surface area contributed by atoms with E-state index in [4.69, 9.17) is 28.0 Å². The second-order valence-corrected chi connectivity index (χ2v) is 14.5. The maximum absolute atomic E-state index is 14.4. The molecule has 3 aliphatic rings. The molecule has 3 amide bonds. The van der Waals surface area contributed by atoms with E-state index in [-0.39, 0.29) is 18.9 Å². The number of sulfonamides is 1. The van der Waals surface area contributed by atoms with Gasteiger partial charge in [0.15, 0.2) is 0 Å². The highest BCUT2D eigenvalue weighted by atomic mass is 35.5. The molecule has 0 aromatic heterocycles. The number of nitroso groups, excluding NO2 is 1. The number of carbonyl (C=O) groups is 3. The Balaban J connectivity index is 1.48. The summed E-state index contributed by atoms with van der Waals surface area (Å²) in [6.07, 6.45) is 7.40. The van der Waals surface area contributed by atoms with Crippen LogP contribution in [0.1, 0.15) is 65.1 Å². The van der Waals surface area contributed by atoms with Crippen molar-refractivity contribution in [1.82, 2.24) is 15.1 Å². The Morgan fingerprint density at radius 3 is 2.43 bits per heavy atom. The van der Waals surface area contributed by atoms with E-state index < -0.39 is 51.8 Å². The smallest absolute Gasteiger partial charge is 0.290 e. The lowest BCUT2D eigenvalue weighted by Gasteiger charge is -2.51. The summed E-state index contributed by atoms with van der Waals surface area (Å²) < 4.78 is 27.5. The van der Waals surface area contributed by atoms with E-state index in [9.17, 15) is 27.7 Å². The van der Waals surface area contributed by atoms with Crippen LogP contribution in [0.5, 0.6) is 0 Å². The van der Waals surface area contributed by atoms with E-state index >= 15 is 0 Å². The zero-order chi connectivity index (χ0) is 33.0. The maximum Gasteiger partial charge on any atom is 0.290 e. The Labute approximate surface area is 277 Å². The molecule has 1 heterocycles. The van der Waals surface area contributed by atoms with Crippen molar-refractivity contribution < 1.29 is 27.6 Å². The number of carbonyl (C=O) groups excluding carboxylic acids is 3. The molecule has 0 spiro atoms. The highest BCUT2D eigenvalue weighted by molar-refractivity contribution is 7.88. The molecule has 2 aromatic carbocycles. The van der Waals surface area contributed by atoms with Gasteiger partial charge >= 0.3 is 0 Å². The Hall–Kier alpha value is -3.42. The Kier molecular flexibility index (Phi) is 10.7. The number of halogens is 2. The fourth-order valence-electron chi connectivity index (χ4n) is 6.70. The monoisotopic (exact) mass is 688 g/mol. The summed E-state index contributed by atoms with van der Waals surface area (Å²) in [6, 6.07) is 11.8. The van der Waals surface area contributed by atoms with Crippen LogP contribution >= 0.6 is 23.2 Å². The predicted octanol–water partition coefficient (Wildman–Crippen LogP) is 4.80. The van der Waals surface area contributed by atoms with Crippen LogP contribution in [0.15, 0.2) is 75.9 Å². The molecule has 1 aliphatic heterocycles. The first-order chi connectivity index (χ1) is 22.0. The largest absolute Gasteiger partial charge is 0.329 e. The first-order valence-corrected chi connectivity index (χ1v) is 17.6. The predicted molar refractivity (Wildman–Crippen MR) is 173 cm³/mol. The molecule has 46 heavy (non-hydrogen) atoms. The van der Waals surface area contributed by atoms with Gasteiger partial charge in [-0.2, -0.15) is 0 Å². The Morgan fingerprint density at radius 2 is 1.74 bits per heavy atom. The lowest BCUT2D eigenvalue weighted by Crippen LogP contribution is -2.64. The molecule has 2 aromatic rings. The summed E-state index contributed by atoms with van der Waals surface area (Å²) in [4.78, 5) is 57.6. The molecule has 244 valence electrons. The van der Waals surface area contributed by atoms with E-state index in [1.807, 2.05) is 0 Å². The molecule has 0 saturated heterocycles. The number of amides is 3. The minimum absolute atomic E-state index is 0.00100.